The Morgan fingerprint density at radius 3 is 2.27 bits per heavy atom. The van der Waals surface area contributed by atoms with Gasteiger partial charge in [0, 0.05) is 25.1 Å². The molecule has 1 heterocycles. The van der Waals surface area contributed by atoms with Crippen molar-refractivity contribution >= 4 is 27.5 Å². The molecule has 6 rings (SSSR count). The highest BCUT2D eigenvalue weighted by molar-refractivity contribution is 7.92. The van der Waals surface area contributed by atoms with Crippen LogP contribution in [0.5, 0.6) is 11.5 Å². The molecule has 4 aromatic rings. The van der Waals surface area contributed by atoms with Gasteiger partial charge in [0.05, 0.1) is 10.6 Å². The van der Waals surface area contributed by atoms with Crippen molar-refractivity contribution < 1.29 is 31.9 Å². The van der Waals surface area contributed by atoms with Gasteiger partial charge in [-0.15, -0.1) is 0 Å². The number of fused-ring (bicyclic) bond motifs is 1. The smallest absolute Gasteiger partial charge is 0.264 e. The molecule has 0 saturated heterocycles. The maximum absolute atomic E-state index is 14.7. The molecule has 1 fully saturated rings. The van der Waals surface area contributed by atoms with E-state index in [1.54, 1.807) is 0 Å². The lowest BCUT2D eigenvalue weighted by Gasteiger charge is -2.34. The predicted octanol–water partition coefficient (Wildman–Crippen LogP) is 5.80. The van der Waals surface area contributed by atoms with Crippen molar-refractivity contribution in [1.82, 2.24) is 10.2 Å². The number of sulfonamides is 1. The third-order valence-electron chi connectivity index (χ3n) is 9.07. The molecule has 256 valence electrons. The molecular formula is C38H40FN3O6S. The summed E-state index contributed by atoms with van der Waals surface area (Å²) in [5.74, 6) is -0.752. The molecule has 1 N–H and O–H groups in total. The van der Waals surface area contributed by atoms with E-state index in [0.29, 0.717) is 12.4 Å². The maximum atomic E-state index is 14.7. The number of carbonyl (C=O) groups is 2. The van der Waals surface area contributed by atoms with E-state index in [4.69, 9.17) is 9.47 Å². The summed E-state index contributed by atoms with van der Waals surface area (Å²) in [6.07, 6.45) is 3.99. The molecule has 2 amide bonds. The van der Waals surface area contributed by atoms with Crippen molar-refractivity contribution in [2.45, 2.75) is 62.6 Å². The lowest BCUT2D eigenvalue weighted by atomic mass is 10.0. The number of benzene rings is 4. The average Bonchev–Trinajstić information content (AvgIpc) is 3.63. The Balaban J connectivity index is 1.40. The largest absolute Gasteiger partial charge is 0.486 e. The fraction of sp³-hybridized carbons (Fsp3) is 0.316. The molecule has 1 aliphatic carbocycles. The molecule has 9 nitrogen and oxygen atoms in total. The lowest BCUT2D eigenvalue weighted by molar-refractivity contribution is -0.140. The van der Waals surface area contributed by atoms with Crippen LogP contribution in [0.15, 0.2) is 102 Å². The van der Waals surface area contributed by atoms with E-state index >= 15 is 0 Å². The van der Waals surface area contributed by atoms with E-state index in [0.717, 1.165) is 58.8 Å². The first-order valence-corrected chi connectivity index (χ1v) is 18.0. The number of nitrogens with one attached hydrogen (secondary N) is 1. The van der Waals surface area contributed by atoms with E-state index in [2.05, 4.69) is 5.32 Å². The maximum Gasteiger partial charge on any atom is 0.264 e. The summed E-state index contributed by atoms with van der Waals surface area (Å²) in [4.78, 5) is 30.2. The molecule has 4 aromatic carbocycles. The van der Waals surface area contributed by atoms with Crippen LogP contribution in [0.4, 0.5) is 10.1 Å². The molecule has 1 aliphatic heterocycles. The number of aryl methyl sites for hydroxylation is 1. The quantitative estimate of drug-likeness (QED) is 0.202. The highest BCUT2D eigenvalue weighted by atomic mass is 32.2. The number of hydrogen-bond donors (Lipinski definition) is 1. The topological polar surface area (TPSA) is 105 Å². The molecule has 0 spiro atoms. The van der Waals surface area contributed by atoms with Gasteiger partial charge in [-0.3, -0.25) is 13.9 Å². The van der Waals surface area contributed by atoms with Crippen LogP contribution in [0, 0.1) is 12.7 Å². The molecule has 1 atom stereocenters. The minimum atomic E-state index is -4.41. The standard InChI is InChI=1S/C38H40FN3O6S/c1-27-9-5-6-12-29(27)25-41(34(23-28-10-3-2-4-11-28)38(44)40-31-13-7-8-14-31)37(43)26-42(32-17-15-30(39)16-18-32)49(45,46)33-19-20-35-36(24-33)48-22-21-47-35/h2-6,9-12,15-20,24,31,34H,7-8,13-14,21-23,25-26H2,1H3,(H,40,44)/t34-/m0/s1. The van der Waals surface area contributed by atoms with Crippen LogP contribution in [-0.2, 0) is 32.6 Å². The Bertz CT molecular complexity index is 1880. The van der Waals surface area contributed by atoms with Crippen LogP contribution in [0.3, 0.4) is 0 Å². The average molecular weight is 686 g/mol. The Kier molecular flexibility index (Phi) is 10.5. The summed E-state index contributed by atoms with van der Waals surface area (Å²) >= 11 is 0. The van der Waals surface area contributed by atoms with Gasteiger partial charge >= 0.3 is 0 Å². The van der Waals surface area contributed by atoms with E-state index in [1.807, 2.05) is 61.5 Å². The van der Waals surface area contributed by atoms with Gasteiger partial charge < -0.3 is 19.7 Å². The van der Waals surface area contributed by atoms with Gasteiger partial charge in [-0.05, 0) is 72.9 Å². The Hall–Kier alpha value is -4.90. The van der Waals surface area contributed by atoms with Crippen LogP contribution in [0.2, 0.25) is 0 Å². The Morgan fingerprint density at radius 1 is 0.878 bits per heavy atom. The highest BCUT2D eigenvalue weighted by Crippen LogP contribution is 2.34. The van der Waals surface area contributed by atoms with Crippen LogP contribution in [0.25, 0.3) is 0 Å². The summed E-state index contributed by atoms with van der Waals surface area (Å²) in [6.45, 7) is 1.96. The zero-order valence-electron chi connectivity index (χ0n) is 27.4. The van der Waals surface area contributed by atoms with Gasteiger partial charge in [0.2, 0.25) is 11.8 Å². The number of amides is 2. The van der Waals surface area contributed by atoms with E-state index in [9.17, 15) is 22.4 Å². The second kappa shape index (κ2) is 15.1. The van der Waals surface area contributed by atoms with Crippen molar-refractivity contribution in [3.8, 4) is 11.5 Å². The monoisotopic (exact) mass is 685 g/mol. The summed E-state index contributed by atoms with van der Waals surface area (Å²) in [7, 11) is -4.41. The fourth-order valence-electron chi connectivity index (χ4n) is 6.34. The third-order valence-corrected chi connectivity index (χ3v) is 10.8. The number of halogens is 1. The molecule has 0 bridgehead atoms. The zero-order valence-corrected chi connectivity index (χ0v) is 28.2. The number of carbonyl (C=O) groups excluding carboxylic acids is 2. The molecule has 11 heteroatoms. The van der Waals surface area contributed by atoms with E-state index < -0.39 is 34.3 Å². The summed E-state index contributed by atoms with van der Waals surface area (Å²) < 4.78 is 55.0. The van der Waals surface area contributed by atoms with Crippen molar-refractivity contribution in [3.63, 3.8) is 0 Å². The van der Waals surface area contributed by atoms with Gasteiger partial charge in [-0.1, -0.05) is 67.4 Å². The number of hydrogen-bond acceptors (Lipinski definition) is 6. The number of nitrogens with zero attached hydrogens (tertiary/aromatic N) is 2. The molecule has 2 aliphatic rings. The first kappa shape index (κ1) is 34.0. The van der Waals surface area contributed by atoms with E-state index in [1.165, 1.54) is 35.2 Å². The highest BCUT2D eigenvalue weighted by Gasteiger charge is 2.36. The van der Waals surface area contributed by atoms with Gasteiger partial charge in [0.15, 0.2) is 11.5 Å². The predicted molar refractivity (Wildman–Crippen MR) is 184 cm³/mol. The lowest BCUT2D eigenvalue weighted by Crippen LogP contribution is -2.54. The number of ether oxygens (including phenoxy) is 2. The van der Waals surface area contributed by atoms with Crippen LogP contribution in [-0.4, -0.2) is 57.0 Å². The molecule has 0 unspecified atom stereocenters. The molecule has 1 saturated carbocycles. The van der Waals surface area contributed by atoms with Crippen LogP contribution >= 0.6 is 0 Å². The fourth-order valence-corrected chi connectivity index (χ4v) is 7.77. The Morgan fingerprint density at radius 2 is 1.55 bits per heavy atom. The number of anilines is 1. The van der Waals surface area contributed by atoms with Crippen LogP contribution < -0.4 is 19.1 Å². The first-order valence-electron chi connectivity index (χ1n) is 16.6. The number of rotatable bonds is 12. The second-order valence-corrected chi connectivity index (χ2v) is 14.3. The van der Waals surface area contributed by atoms with Gasteiger partial charge in [0.1, 0.15) is 31.6 Å². The van der Waals surface area contributed by atoms with Crippen LogP contribution in [0.1, 0.15) is 42.4 Å². The summed E-state index contributed by atoms with van der Waals surface area (Å²) in [6, 6.07) is 25.3. The van der Waals surface area contributed by atoms with Crippen molar-refractivity contribution in [2.24, 2.45) is 0 Å². The molecular weight excluding hydrogens is 645 g/mol. The van der Waals surface area contributed by atoms with E-state index in [-0.39, 0.29) is 47.9 Å². The van der Waals surface area contributed by atoms with Gasteiger partial charge in [-0.25, -0.2) is 12.8 Å². The van der Waals surface area contributed by atoms with Gasteiger partial charge in [-0.2, -0.15) is 0 Å². The Labute approximate surface area is 286 Å². The minimum absolute atomic E-state index is 0.00693. The minimum Gasteiger partial charge on any atom is -0.486 e. The van der Waals surface area contributed by atoms with Crippen molar-refractivity contribution in [3.05, 3.63) is 120 Å². The SMILES string of the molecule is Cc1ccccc1CN(C(=O)CN(c1ccc(F)cc1)S(=O)(=O)c1ccc2c(c1)OCCO2)[C@@H](Cc1ccccc1)C(=O)NC1CCCC1. The first-order chi connectivity index (χ1) is 23.7. The zero-order chi connectivity index (χ0) is 34.4. The normalized spacial score (nSPS) is 15.0. The second-order valence-electron chi connectivity index (χ2n) is 12.4. The summed E-state index contributed by atoms with van der Waals surface area (Å²) in [5.41, 5.74) is 2.70. The molecule has 0 radical (unpaired) electrons. The molecule has 0 aromatic heterocycles. The summed E-state index contributed by atoms with van der Waals surface area (Å²) in [5, 5.41) is 3.18. The van der Waals surface area contributed by atoms with Crippen molar-refractivity contribution in [2.75, 3.05) is 24.1 Å². The van der Waals surface area contributed by atoms with Crippen molar-refractivity contribution in [1.29, 1.82) is 0 Å². The molecule has 49 heavy (non-hydrogen) atoms. The van der Waals surface area contributed by atoms with Gasteiger partial charge in [0.25, 0.3) is 10.0 Å². The third kappa shape index (κ3) is 8.05.